The fraction of sp³-hybridized carbons (Fsp3) is 0.333. The van der Waals surface area contributed by atoms with Crippen LogP contribution in [0.1, 0.15) is 23.2 Å². The maximum atomic E-state index is 11.9. The summed E-state index contributed by atoms with van der Waals surface area (Å²) < 4.78 is 1.13. The quantitative estimate of drug-likeness (QED) is 0.822. The molecule has 1 aromatic heterocycles. The Morgan fingerprint density at radius 3 is 3.19 bits per heavy atom. The van der Waals surface area contributed by atoms with Crippen LogP contribution in [0, 0.1) is 0 Å². The van der Waals surface area contributed by atoms with E-state index < -0.39 is 0 Å². The first-order chi connectivity index (χ1) is 7.83. The van der Waals surface area contributed by atoms with Crippen LogP contribution in [0.15, 0.2) is 23.7 Å². The van der Waals surface area contributed by atoms with E-state index in [4.69, 9.17) is 0 Å². The van der Waals surface area contributed by atoms with Crippen molar-refractivity contribution in [2.75, 3.05) is 6.54 Å². The van der Waals surface area contributed by atoms with E-state index in [9.17, 15) is 4.79 Å². The maximum absolute atomic E-state index is 11.9. The van der Waals surface area contributed by atoms with Crippen LogP contribution < -0.4 is 5.32 Å². The van der Waals surface area contributed by atoms with Crippen molar-refractivity contribution >= 4 is 27.3 Å². The molecule has 3 nitrogen and oxygen atoms in total. The maximum Gasteiger partial charge on any atom is 0.176 e. The van der Waals surface area contributed by atoms with Gasteiger partial charge in [-0.15, -0.1) is 11.3 Å². The minimum atomic E-state index is 0.154. The fourth-order valence-electron chi connectivity index (χ4n) is 1.66. The normalized spacial score (nSPS) is 15.5. The summed E-state index contributed by atoms with van der Waals surface area (Å²) in [5.74, 6) is 0.154. The van der Waals surface area contributed by atoms with Gasteiger partial charge in [0.05, 0.1) is 22.3 Å². The predicted octanol–water partition coefficient (Wildman–Crippen LogP) is 2.23. The summed E-state index contributed by atoms with van der Waals surface area (Å²) in [5, 5.41) is 3.23. The van der Waals surface area contributed by atoms with Crippen LogP contribution in [-0.4, -0.2) is 23.4 Å². The Hall–Kier alpha value is -1.26. The molecule has 0 saturated heterocycles. The van der Waals surface area contributed by atoms with Gasteiger partial charge in [-0.25, -0.2) is 4.98 Å². The number of benzene rings is 1. The van der Waals surface area contributed by atoms with E-state index in [1.165, 1.54) is 12.8 Å². The van der Waals surface area contributed by atoms with Crippen molar-refractivity contribution in [2.45, 2.75) is 18.9 Å². The number of aromatic nitrogens is 1. The molecule has 1 heterocycles. The monoisotopic (exact) mass is 232 g/mol. The molecular formula is C12H12N2OS. The Morgan fingerprint density at radius 2 is 2.38 bits per heavy atom. The SMILES string of the molecule is O=C(CNC1CC1)c1ccc2scnc2c1. The lowest BCUT2D eigenvalue weighted by atomic mass is 10.1. The van der Waals surface area contributed by atoms with E-state index in [2.05, 4.69) is 10.3 Å². The second kappa shape index (κ2) is 3.96. The van der Waals surface area contributed by atoms with Gasteiger partial charge in [0.1, 0.15) is 0 Å². The zero-order chi connectivity index (χ0) is 11.0. The van der Waals surface area contributed by atoms with Gasteiger partial charge in [-0.2, -0.15) is 0 Å². The molecule has 0 spiro atoms. The van der Waals surface area contributed by atoms with Gasteiger partial charge in [0.25, 0.3) is 0 Å². The summed E-state index contributed by atoms with van der Waals surface area (Å²) in [7, 11) is 0. The number of fused-ring (bicyclic) bond motifs is 1. The summed E-state index contributed by atoms with van der Waals surface area (Å²) in [6.45, 7) is 0.445. The third kappa shape index (κ3) is 1.99. The van der Waals surface area contributed by atoms with Gasteiger partial charge in [0, 0.05) is 11.6 Å². The van der Waals surface area contributed by atoms with E-state index in [1.54, 1.807) is 16.8 Å². The van der Waals surface area contributed by atoms with Crippen LogP contribution in [0.25, 0.3) is 10.2 Å². The third-order valence-electron chi connectivity index (χ3n) is 2.78. The number of thiazole rings is 1. The Morgan fingerprint density at radius 1 is 1.50 bits per heavy atom. The lowest BCUT2D eigenvalue weighted by Gasteiger charge is -2.02. The van der Waals surface area contributed by atoms with Gasteiger partial charge in [0.2, 0.25) is 0 Å². The number of rotatable bonds is 4. The Bertz CT molecular complexity index is 531. The number of hydrogen-bond donors (Lipinski definition) is 1. The standard InChI is InChI=1S/C12H12N2OS/c15-11(6-13-9-2-3-9)8-1-4-12-10(5-8)14-7-16-12/h1,4-5,7,9,13H,2-3,6H2. The van der Waals surface area contributed by atoms with Crippen molar-refractivity contribution in [3.05, 3.63) is 29.3 Å². The van der Waals surface area contributed by atoms with Gasteiger partial charge in [-0.05, 0) is 31.0 Å². The van der Waals surface area contributed by atoms with E-state index in [-0.39, 0.29) is 5.78 Å². The Balaban J connectivity index is 1.78. The molecule has 0 radical (unpaired) electrons. The molecule has 3 rings (SSSR count). The first kappa shape index (κ1) is 9.93. The molecule has 0 aliphatic heterocycles. The van der Waals surface area contributed by atoms with Crippen molar-refractivity contribution in [3.8, 4) is 0 Å². The number of nitrogens with one attached hydrogen (secondary N) is 1. The molecule has 82 valence electrons. The molecule has 1 saturated carbocycles. The summed E-state index contributed by atoms with van der Waals surface area (Å²) in [6.07, 6.45) is 2.41. The first-order valence-corrected chi connectivity index (χ1v) is 6.31. The van der Waals surface area contributed by atoms with Crippen molar-refractivity contribution < 1.29 is 4.79 Å². The van der Waals surface area contributed by atoms with Crippen LogP contribution >= 0.6 is 11.3 Å². The highest BCUT2D eigenvalue weighted by Gasteiger charge is 2.21. The third-order valence-corrected chi connectivity index (χ3v) is 3.59. The minimum Gasteiger partial charge on any atom is -0.307 e. The van der Waals surface area contributed by atoms with E-state index in [0.29, 0.717) is 12.6 Å². The first-order valence-electron chi connectivity index (χ1n) is 5.43. The number of carbonyl (C=O) groups is 1. The number of ketones is 1. The van der Waals surface area contributed by atoms with E-state index in [1.807, 2.05) is 18.2 Å². The number of nitrogens with zero attached hydrogens (tertiary/aromatic N) is 1. The average molecular weight is 232 g/mol. The second-order valence-electron chi connectivity index (χ2n) is 4.11. The van der Waals surface area contributed by atoms with Crippen molar-refractivity contribution in [1.29, 1.82) is 0 Å². The smallest absolute Gasteiger partial charge is 0.176 e. The molecule has 0 bridgehead atoms. The van der Waals surface area contributed by atoms with Crippen LogP contribution in [0.2, 0.25) is 0 Å². The molecule has 2 aromatic rings. The summed E-state index contributed by atoms with van der Waals surface area (Å²) >= 11 is 1.60. The van der Waals surface area contributed by atoms with E-state index >= 15 is 0 Å². The van der Waals surface area contributed by atoms with Gasteiger partial charge in [0.15, 0.2) is 5.78 Å². The highest BCUT2D eigenvalue weighted by Crippen LogP contribution is 2.20. The van der Waals surface area contributed by atoms with Crippen molar-refractivity contribution in [1.82, 2.24) is 10.3 Å². The number of hydrogen-bond acceptors (Lipinski definition) is 4. The fourth-order valence-corrected chi connectivity index (χ4v) is 2.32. The molecule has 1 aliphatic carbocycles. The van der Waals surface area contributed by atoms with Gasteiger partial charge in [-0.3, -0.25) is 4.79 Å². The summed E-state index contributed by atoms with van der Waals surface area (Å²) in [4.78, 5) is 16.1. The van der Waals surface area contributed by atoms with Crippen LogP contribution in [-0.2, 0) is 0 Å². The van der Waals surface area contributed by atoms with Gasteiger partial charge in [-0.1, -0.05) is 0 Å². The molecule has 0 unspecified atom stereocenters. The minimum absolute atomic E-state index is 0.154. The largest absolute Gasteiger partial charge is 0.307 e. The highest BCUT2D eigenvalue weighted by atomic mass is 32.1. The zero-order valence-corrected chi connectivity index (χ0v) is 9.59. The molecule has 1 aliphatic rings. The summed E-state index contributed by atoms with van der Waals surface area (Å²) in [6, 6.07) is 6.31. The Labute approximate surface area is 97.5 Å². The van der Waals surface area contributed by atoms with Crippen LogP contribution in [0.4, 0.5) is 0 Å². The molecular weight excluding hydrogens is 220 g/mol. The zero-order valence-electron chi connectivity index (χ0n) is 8.77. The number of Topliss-reactive ketones (excluding diaryl/α,β-unsaturated/α-hetero) is 1. The molecule has 1 N–H and O–H groups in total. The van der Waals surface area contributed by atoms with Crippen LogP contribution in [0.5, 0.6) is 0 Å². The second-order valence-corrected chi connectivity index (χ2v) is 5.00. The van der Waals surface area contributed by atoms with Crippen LogP contribution in [0.3, 0.4) is 0 Å². The van der Waals surface area contributed by atoms with Crippen molar-refractivity contribution in [2.24, 2.45) is 0 Å². The lowest BCUT2D eigenvalue weighted by Crippen LogP contribution is -2.24. The molecule has 1 aromatic carbocycles. The Kier molecular flexibility index (Phi) is 2.46. The molecule has 0 atom stereocenters. The molecule has 16 heavy (non-hydrogen) atoms. The van der Waals surface area contributed by atoms with Gasteiger partial charge >= 0.3 is 0 Å². The average Bonchev–Trinajstić information content (AvgIpc) is 3.01. The van der Waals surface area contributed by atoms with E-state index in [0.717, 1.165) is 15.8 Å². The highest BCUT2D eigenvalue weighted by molar-refractivity contribution is 7.16. The molecule has 4 heteroatoms. The topological polar surface area (TPSA) is 42.0 Å². The van der Waals surface area contributed by atoms with Crippen molar-refractivity contribution in [3.63, 3.8) is 0 Å². The molecule has 1 fully saturated rings. The summed E-state index contributed by atoms with van der Waals surface area (Å²) in [5.41, 5.74) is 3.48. The lowest BCUT2D eigenvalue weighted by molar-refractivity contribution is 0.0990. The predicted molar refractivity (Wildman–Crippen MR) is 65.0 cm³/mol. The van der Waals surface area contributed by atoms with Gasteiger partial charge < -0.3 is 5.32 Å². The number of carbonyl (C=O) groups excluding carboxylic acids is 1. The molecule has 0 amide bonds.